The molecule has 1 aliphatic rings. The summed E-state index contributed by atoms with van der Waals surface area (Å²) in [7, 11) is -3.04. The highest BCUT2D eigenvalue weighted by atomic mass is 32.2. The number of carbonyl (C=O) groups excluding carboxylic acids is 1. The molecule has 0 bridgehead atoms. The van der Waals surface area contributed by atoms with Crippen LogP contribution in [0.5, 0.6) is 0 Å². The molecule has 1 aromatic heterocycles. The van der Waals surface area contributed by atoms with Crippen LogP contribution in [0.15, 0.2) is 54.6 Å². The molecule has 174 valence electrons. The van der Waals surface area contributed by atoms with Gasteiger partial charge in [-0.2, -0.15) is 0 Å². The van der Waals surface area contributed by atoms with Gasteiger partial charge in [-0.05, 0) is 24.5 Å². The second kappa shape index (κ2) is 10.2. The van der Waals surface area contributed by atoms with E-state index < -0.39 is 15.9 Å². The van der Waals surface area contributed by atoms with Crippen LogP contribution < -0.4 is 5.32 Å². The normalized spacial score (nSPS) is 16.9. The first kappa shape index (κ1) is 23.6. The SMILES string of the molecule is CCCc1ccc(-c2nc(NC(=O)C(c3ccccc3)N3CCS(=O)(=O)CC3)sc2C)cc1. The van der Waals surface area contributed by atoms with Gasteiger partial charge >= 0.3 is 0 Å². The predicted octanol–water partition coefficient (Wildman–Crippen LogP) is 4.48. The zero-order valence-electron chi connectivity index (χ0n) is 19.0. The number of hydrogen-bond donors (Lipinski definition) is 1. The Kier molecular flexibility index (Phi) is 7.26. The van der Waals surface area contributed by atoms with Gasteiger partial charge in [0, 0.05) is 23.5 Å². The largest absolute Gasteiger partial charge is 0.300 e. The summed E-state index contributed by atoms with van der Waals surface area (Å²) >= 11 is 1.45. The molecule has 6 nitrogen and oxygen atoms in total. The monoisotopic (exact) mass is 483 g/mol. The number of rotatable bonds is 7. The molecule has 2 heterocycles. The molecule has 3 aromatic rings. The van der Waals surface area contributed by atoms with Crippen LogP contribution in [0.4, 0.5) is 5.13 Å². The molecule has 1 aliphatic heterocycles. The Morgan fingerprint density at radius 2 is 1.76 bits per heavy atom. The van der Waals surface area contributed by atoms with E-state index in [1.165, 1.54) is 16.9 Å². The van der Waals surface area contributed by atoms with Crippen molar-refractivity contribution in [2.24, 2.45) is 0 Å². The summed E-state index contributed by atoms with van der Waals surface area (Å²) in [5, 5.41) is 3.55. The lowest BCUT2D eigenvalue weighted by Crippen LogP contribution is -2.46. The molecule has 1 atom stereocenters. The van der Waals surface area contributed by atoms with E-state index in [-0.39, 0.29) is 17.4 Å². The van der Waals surface area contributed by atoms with Crippen LogP contribution in [0.3, 0.4) is 0 Å². The summed E-state index contributed by atoms with van der Waals surface area (Å²) in [4.78, 5) is 21.1. The number of aryl methyl sites for hydroxylation is 2. The summed E-state index contributed by atoms with van der Waals surface area (Å²) < 4.78 is 23.8. The number of sulfone groups is 1. The Hall–Kier alpha value is -2.55. The van der Waals surface area contributed by atoms with Crippen molar-refractivity contribution in [1.82, 2.24) is 9.88 Å². The van der Waals surface area contributed by atoms with Gasteiger partial charge in [-0.3, -0.25) is 9.69 Å². The van der Waals surface area contributed by atoms with Crippen LogP contribution in [0.25, 0.3) is 11.3 Å². The summed E-state index contributed by atoms with van der Waals surface area (Å²) in [6.07, 6.45) is 2.16. The molecule has 4 rings (SSSR count). The van der Waals surface area contributed by atoms with Gasteiger partial charge in [0.25, 0.3) is 0 Å². The number of aromatic nitrogens is 1. The zero-order chi connectivity index (χ0) is 23.4. The fourth-order valence-corrected chi connectivity index (χ4v) is 6.23. The highest BCUT2D eigenvalue weighted by Crippen LogP contribution is 2.32. The molecule has 2 aromatic carbocycles. The van der Waals surface area contributed by atoms with Gasteiger partial charge in [-0.25, -0.2) is 13.4 Å². The van der Waals surface area contributed by atoms with E-state index in [2.05, 4.69) is 36.5 Å². The van der Waals surface area contributed by atoms with Gasteiger partial charge in [0.1, 0.15) is 6.04 Å². The summed E-state index contributed by atoms with van der Waals surface area (Å²) in [6.45, 7) is 4.84. The van der Waals surface area contributed by atoms with Crippen molar-refractivity contribution in [2.75, 3.05) is 29.9 Å². The van der Waals surface area contributed by atoms with E-state index in [1.807, 2.05) is 42.2 Å². The van der Waals surface area contributed by atoms with Crippen LogP contribution in [0.1, 0.15) is 35.4 Å². The van der Waals surface area contributed by atoms with Crippen molar-refractivity contribution in [2.45, 2.75) is 32.7 Å². The Balaban J connectivity index is 1.55. The molecule has 1 saturated heterocycles. The molecule has 1 fully saturated rings. The van der Waals surface area contributed by atoms with Gasteiger partial charge in [0.2, 0.25) is 5.91 Å². The molecule has 0 radical (unpaired) electrons. The number of carbonyl (C=O) groups is 1. The topological polar surface area (TPSA) is 79.4 Å². The molecule has 1 N–H and O–H groups in total. The maximum Gasteiger partial charge on any atom is 0.248 e. The van der Waals surface area contributed by atoms with Crippen LogP contribution in [0.2, 0.25) is 0 Å². The van der Waals surface area contributed by atoms with Gasteiger partial charge in [0.05, 0.1) is 17.2 Å². The van der Waals surface area contributed by atoms with Crippen molar-refractivity contribution in [3.8, 4) is 11.3 Å². The summed E-state index contributed by atoms with van der Waals surface area (Å²) in [5.74, 6) is -0.0601. The Morgan fingerprint density at radius 1 is 1.09 bits per heavy atom. The van der Waals surface area contributed by atoms with Gasteiger partial charge in [0.15, 0.2) is 15.0 Å². The van der Waals surface area contributed by atoms with Crippen molar-refractivity contribution < 1.29 is 13.2 Å². The number of amides is 1. The molecular formula is C25H29N3O3S2. The maximum atomic E-state index is 13.4. The molecule has 8 heteroatoms. The first-order valence-corrected chi connectivity index (χ1v) is 13.9. The standard InChI is InChI=1S/C25H29N3O3S2/c1-3-7-19-10-12-20(13-11-19)22-18(2)32-25(26-22)27-24(29)23(21-8-5-4-6-9-21)28-14-16-33(30,31)17-15-28/h4-6,8-13,23H,3,7,14-17H2,1-2H3,(H,26,27,29). The van der Waals surface area contributed by atoms with Crippen LogP contribution in [-0.2, 0) is 21.1 Å². The van der Waals surface area contributed by atoms with Crippen molar-refractivity contribution in [3.05, 3.63) is 70.6 Å². The lowest BCUT2D eigenvalue weighted by Gasteiger charge is -2.33. The number of thiazole rings is 1. The van der Waals surface area contributed by atoms with Crippen LogP contribution >= 0.6 is 11.3 Å². The van der Waals surface area contributed by atoms with E-state index in [4.69, 9.17) is 4.98 Å². The zero-order valence-corrected chi connectivity index (χ0v) is 20.6. The minimum absolute atomic E-state index is 0.0676. The molecule has 33 heavy (non-hydrogen) atoms. The fraction of sp³-hybridized carbons (Fsp3) is 0.360. The quantitative estimate of drug-likeness (QED) is 0.536. The minimum atomic E-state index is -3.04. The first-order chi connectivity index (χ1) is 15.9. The van der Waals surface area contributed by atoms with E-state index in [0.29, 0.717) is 18.2 Å². The Morgan fingerprint density at radius 3 is 2.39 bits per heavy atom. The number of nitrogens with zero attached hydrogens (tertiary/aromatic N) is 2. The van der Waals surface area contributed by atoms with Crippen LogP contribution in [0, 0.1) is 6.92 Å². The highest BCUT2D eigenvalue weighted by molar-refractivity contribution is 7.91. The highest BCUT2D eigenvalue weighted by Gasteiger charge is 2.33. The molecule has 0 saturated carbocycles. The van der Waals surface area contributed by atoms with E-state index in [1.54, 1.807) is 0 Å². The third-order valence-corrected chi connectivity index (χ3v) is 8.40. The average molecular weight is 484 g/mol. The minimum Gasteiger partial charge on any atom is -0.300 e. The Labute approximate surface area is 199 Å². The van der Waals surface area contributed by atoms with Crippen LogP contribution in [-0.4, -0.2) is 48.8 Å². The third kappa shape index (κ3) is 5.69. The Bertz CT molecular complexity index is 1190. The summed E-state index contributed by atoms with van der Waals surface area (Å²) in [6, 6.07) is 17.4. The molecule has 1 unspecified atom stereocenters. The average Bonchev–Trinajstić information content (AvgIpc) is 3.16. The van der Waals surface area contributed by atoms with Gasteiger partial charge in [-0.1, -0.05) is 67.9 Å². The second-order valence-corrected chi connectivity index (χ2v) is 11.9. The smallest absolute Gasteiger partial charge is 0.248 e. The number of nitrogens with one attached hydrogen (secondary N) is 1. The maximum absolute atomic E-state index is 13.4. The lowest BCUT2D eigenvalue weighted by molar-refractivity contribution is -0.121. The summed E-state index contributed by atoms with van der Waals surface area (Å²) in [5.41, 5.74) is 4.05. The fourth-order valence-electron chi connectivity index (χ4n) is 4.16. The van der Waals surface area contributed by atoms with Crippen molar-refractivity contribution >= 4 is 32.2 Å². The number of anilines is 1. The van der Waals surface area contributed by atoms with Gasteiger partial charge in [-0.15, -0.1) is 11.3 Å². The molecule has 0 spiro atoms. The van der Waals surface area contributed by atoms with Gasteiger partial charge < -0.3 is 5.32 Å². The van der Waals surface area contributed by atoms with E-state index >= 15 is 0 Å². The third-order valence-electron chi connectivity index (χ3n) is 5.90. The predicted molar refractivity (Wildman–Crippen MR) is 134 cm³/mol. The molecular weight excluding hydrogens is 454 g/mol. The number of benzene rings is 2. The van der Waals surface area contributed by atoms with E-state index in [0.717, 1.165) is 34.5 Å². The first-order valence-electron chi connectivity index (χ1n) is 11.2. The van der Waals surface area contributed by atoms with E-state index in [9.17, 15) is 13.2 Å². The molecule has 1 amide bonds. The lowest BCUT2D eigenvalue weighted by atomic mass is 10.0. The molecule has 0 aliphatic carbocycles. The van der Waals surface area contributed by atoms with Crippen molar-refractivity contribution in [1.29, 1.82) is 0 Å². The second-order valence-electron chi connectivity index (χ2n) is 8.36. The number of hydrogen-bond acceptors (Lipinski definition) is 6. The van der Waals surface area contributed by atoms with Crippen molar-refractivity contribution in [3.63, 3.8) is 0 Å².